The van der Waals surface area contributed by atoms with E-state index >= 15 is 0 Å². The molecule has 0 aliphatic carbocycles. The van der Waals surface area contributed by atoms with Crippen LogP contribution in [0.5, 0.6) is 0 Å². The predicted molar refractivity (Wildman–Crippen MR) is 93.5 cm³/mol. The van der Waals surface area contributed by atoms with Gasteiger partial charge in [-0.1, -0.05) is 44.2 Å². The van der Waals surface area contributed by atoms with Crippen LogP contribution in [-0.2, 0) is 16.1 Å². The first-order chi connectivity index (χ1) is 11.5. The second kappa shape index (κ2) is 6.16. The molecule has 2 atom stereocenters. The van der Waals surface area contributed by atoms with E-state index in [2.05, 4.69) is 54.0 Å². The van der Waals surface area contributed by atoms with Crippen molar-refractivity contribution in [3.8, 4) is 0 Å². The number of ether oxygens (including phenoxy) is 1. The minimum atomic E-state index is -0.137. The maximum absolute atomic E-state index is 12.4. The van der Waals surface area contributed by atoms with Crippen molar-refractivity contribution in [1.82, 2.24) is 9.80 Å². The average molecular weight is 328 g/mol. The van der Waals surface area contributed by atoms with Gasteiger partial charge in [-0.2, -0.15) is 0 Å². The van der Waals surface area contributed by atoms with Crippen LogP contribution in [-0.4, -0.2) is 54.1 Å². The zero-order chi connectivity index (χ0) is 16.7. The lowest BCUT2D eigenvalue weighted by atomic mass is 9.66. The predicted octanol–water partition coefficient (Wildman–Crippen LogP) is 2.53. The number of benzene rings is 1. The van der Waals surface area contributed by atoms with E-state index in [-0.39, 0.29) is 17.4 Å². The van der Waals surface area contributed by atoms with Crippen LogP contribution in [0.2, 0.25) is 0 Å². The van der Waals surface area contributed by atoms with Crippen LogP contribution in [0.3, 0.4) is 0 Å². The zero-order valence-corrected chi connectivity index (χ0v) is 14.8. The van der Waals surface area contributed by atoms with Gasteiger partial charge in [-0.05, 0) is 37.4 Å². The summed E-state index contributed by atoms with van der Waals surface area (Å²) in [6, 6.07) is 11.1. The Bertz CT molecular complexity index is 589. The van der Waals surface area contributed by atoms with E-state index in [1.807, 2.05) is 0 Å². The molecule has 3 heterocycles. The standard InChI is InChI=1S/C20H28N2O2/c1-20(2)14-22(19(23)17-13-24-17)18(20)16-8-10-21(11-9-16)12-15-6-4-3-5-7-15/h3-7,16-18H,8-14H2,1-2H3. The van der Waals surface area contributed by atoms with Gasteiger partial charge in [0.2, 0.25) is 0 Å². The highest BCUT2D eigenvalue weighted by Crippen LogP contribution is 2.45. The summed E-state index contributed by atoms with van der Waals surface area (Å²) in [6.45, 7) is 9.44. The Hall–Kier alpha value is -1.39. The Balaban J connectivity index is 1.35. The van der Waals surface area contributed by atoms with Gasteiger partial charge >= 0.3 is 0 Å². The number of rotatable bonds is 4. The molecule has 1 aromatic rings. The molecule has 3 fully saturated rings. The number of hydrogen-bond donors (Lipinski definition) is 0. The molecule has 1 aromatic carbocycles. The Labute approximate surface area is 144 Å². The fourth-order valence-corrected chi connectivity index (χ4v) is 4.69. The summed E-state index contributed by atoms with van der Waals surface area (Å²) in [5.41, 5.74) is 1.64. The lowest BCUT2D eigenvalue weighted by Crippen LogP contribution is -2.68. The first-order valence-electron chi connectivity index (χ1n) is 9.23. The van der Waals surface area contributed by atoms with Crippen molar-refractivity contribution >= 4 is 5.91 Å². The van der Waals surface area contributed by atoms with Crippen LogP contribution in [0.15, 0.2) is 30.3 Å². The molecular weight excluding hydrogens is 300 g/mol. The minimum Gasteiger partial charge on any atom is -0.363 e. The molecule has 4 nitrogen and oxygen atoms in total. The third-order valence-corrected chi connectivity index (χ3v) is 5.93. The van der Waals surface area contributed by atoms with E-state index in [1.54, 1.807) is 0 Å². The van der Waals surface area contributed by atoms with Crippen LogP contribution in [0, 0.1) is 11.3 Å². The lowest BCUT2D eigenvalue weighted by Gasteiger charge is -2.58. The Morgan fingerprint density at radius 2 is 1.88 bits per heavy atom. The Kier molecular flexibility index (Phi) is 4.13. The molecule has 2 unspecified atom stereocenters. The van der Waals surface area contributed by atoms with Gasteiger partial charge in [0, 0.05) is 24.5 Å². The molecule has 0 saturated carbocycles. The SMILES string of the molecule is CC1(C)CN(C(=O)C2CO2)C1C1CCN(Cc2ccccc2)CC1. The molecule has 24 heavy (non-hydrogen) atoms. The maximum atomic E-state index is 12.4. The highest BCUT2D eigenvalue weighted by Gasteiger charge is 2.54. The van der Waals surface area contributed by atoms with Gasteiger partial charge in [0.15, 0.2) is 6.10 Å². The third kappa shape index (κ3) is 3.09. The Morgan fingerprint density at radius 3 is 2.46 bits per heavy atom. The van der Waals surface area contributed by atoms with E-state index in [1.165, 1.54) is 18.4 Å². The van der Waals surface area contributed by atoms with Crippen molar-refractivity contribution in [3.63, 3.8) is 0 Å². The number of likely N-dealkylation sites (tertiary alicyclic amines) is 2. The largest absolute Gasteiger partial charge is 0.363 e. The van der Waals surface area contributed by atoms with Crippen LogP contribution >= 0.6 is 0 Å². The molecule has 1 amide bonds. The van der Waals surface area contributed by atoms with E-state index in [0.29, 0.717) is 18.6 Å². The summed E-state index contributed by atoms with van der Waals surface area (Å²) in [7, 11) is 0. The molecular formula is C20H28N2O2. The quantitative estimate of drug-likeness (QED) is 0.797. The molecule has 3 aliphatic rings. The van der Waals surface area contributed by atoms with E-state index in [9.17, 15) is 4.79 Å². The molecule has 4 rings (SSSR count). The van der Waals surface area contributed by atoms with Crippen molar-refractivity contribution in [2.24, 2.45) is 11.3 Å². The van der Waals surface area contributed by atoms with Gasteiger partial charge in [0.25, 0.3) is 5.91 Å². The molecule has 0 aromatic heterocycles. The second-order valence-corrected chi connectivity index (χ2v) is 8.32. The van der Waals surface area contributed by atoms with E-state index in [0.717, 1.165) is 26.2 Å². The smallest absolute Gasteiger partial charge is 0.254 e. The van der Waals surface area contributed by atoms with Gasteiger partial charge in [0.05, 0.1) is 6.61 Å². The summed E-state index contributed by atoms with van der Waals surface area (Å²) in [5.74, 6) is 0.856. The number of carbonyl (C=O) groups excluding carboxylic acids is 1. The number of epoxide rings is 1. The first-order valence-corrected chi connectivity index (χ1v) is 9.23. The summed E-state index contributed by atoms with van der Waals surface area (Å²) < 4.78 is 5.21. The minimum absolute atomic E-state index is 0.137. The van der Waals surface area contributed by atoms with Crippen LogP contribution in [0.25, 0.3) is 0 Å². The monoisotopic (exact) mass is 328 g/mol. The van der Waals surface area contributed by atoms with Crippen LogP contribution in [0.1, 0.15) is 32.3 Å². The molecule has 0 N–H and O–H groups in total. The summed E-state index contributed by atoms with van der Waals surface area (Å²) >= 11 is 0. The summed E-state index contributed by atoms with van der Waals surface area (Å²) in [4.78, 5) is 17.1. The summed E-state index contributed by atoms with van der Waals surface area (Å²) in [6.07, 6.45) is 2.24. The third-order valence-electron chi connectivity index (χ3n) is 5.93. The molecule has 0 spiro atoms. The normalized spacial score (nSPS) is 30.0. The van der Waals surface area contributed by atoms with Gasteiger partial charge in [-0.3, -0.25) is 9.69 Å². The van der Waals surface area contributed by atoms with Crippen molar-refractivity contribution in [3.05, 3.63) is 35.9 Å². The number of nitrogens with zero attached hydrogens (tertiary/aromatic N) is 2. The van der Waals surface area contributed by atoms with Crippen LogP contribution < -0.4 is 0 Å². The van der Waals surface area contributed by atoms with Crippen LogP contribution in [0.4, 0.5) is 0 Å². The number of carbonyl (C=O) groups is 1. The fraction of sp³-hybridized carbons (Fsp3) is 0.650. The van der Waals surface area contributed by atoms with E-state index < -0.39 is 0 Å². The van der Waals surface area contributed by atoms with Gasteiger partial charge in [-0.15, -0.1) is 0 Å². The molecule has 3 aliphatic heterocycles. The topological polar surface area (TPSA) is 36.1 Å². The average Bonchev–Trinajstić information content (AvgIpc) is 3.40. The molecule has 0 radical (unpaired) electrons. The number of amides is 1. The lowest BCUT2D eigenvalue weighted by molar-refractivity contribution is -0.160. The van der Waals surface area contributed by atoms with Crippen molar-refractivity contribution in [2.45, 2.75) is 45.4 Å². The number of piperidine rings is 1. The van der Waals surface area contributed by atoms with Crippen molar-refractivity contribution in [2.75, 3.05) is 26.2 Å². The van der Waals surface area contributed by atoms with Gasteiger partial charge < -0.3 is 9.64 Å². The zero-order valence-electron chi connectivity index (χ0n) is 14.8. The molecule has 130 valence electrons. The highest BCUT2D eigenvalue weighted by molar-refractivity contribution is 5.84. The maximum Gasteiger partial charge on any atom is 0.254 e. The van der Waals surface area contributed by atoms with Gasteiger partial charge in [0.1, 0.15) is 0 Å². The molecule has 0 bridgehead atoms. The first kappa shape index (κ1) is 16.1. The highest BCUT2D eigenvalue weighted by atomic mass is 16.6. The number of hydrogen-bond acceptors (Lipinski definition) is 3. The van der Waals surface area contributed by atoms with Crippen molar-refractivity contribution in [1.29, 1.82) is 0 Å². The fourth-order valence-electron chi connectivity index (χ4n) is 4.69. The van der Waals surface area contributed by atoms with Crippen molar-refractivity contribution < 1.29 is 9.53 Å². The van der Waals surface area contributed by atoms with E-state index in [4.69, 9.17) is 4.74 Å². The summed E-state index contributed by atoms with van der Waals surface area (Å²) in [5, 5.41) is 0. The molecule has 3 saturated heterocycles. The van der Waals surface area contributed by atoms with Gasteiger partial charge in [-0.25, -0.2) is 0 Å². The molecule has 4 heteroatoms. The second-order valence-electron chi connectivity index (χ2n) is 8.32. The Morgan fingerprint density at radius 1 is 1.21 bits per heavy atom.